The third-order valence-electron chi connectivity index (χ3n) is 2.94. The SMILES string of the molecule is COC(=O)c1nc(C)n(-c2c(Cl)ccc(C)c2Cl)c1N. The van der Waals surface area contributed by atoms with Gasteiger partial charge in [-0.1, -0.05) is 29.3 Å². The van der Waals surface area contributed by atoms with Crippen LogP contribution in [0.3, 0.4) is 0 Å². The number of methoxy groups -OCH3 is 1. The molecule has 2 aromatic rings. The summed E-state index contributed by atoms with van der Waals surface area (Å²) in [4.78, 5) is 15.7. The second-order valence-electron chi connectivity index (χ2n) is 4.25. The van der Waals surface area contributed by atoms with E-state index in [2.05, 4.69) is 9.72 Å². The standard InChI is InChI=1S/C13H13Cl2N3O2/c1-6-4-5-8(14)11(9(6)15)18-7(2)17-10(12(18)16)13(19)20-3/h4-5H,16H2,1-3H3. The molecule has 7 heteroatoms. The lowest BCUT2D eigenvalue weighted by Crippen LogP contribution is -2.08. The van der Waals surface area contributed by atoms with Crippen LogP contribution < -0.4 is 5.73 Å². The molecule has 0 fully saturated rings. The molecule has 0 radical (unpaired) electrons. The number of carbonyl (C=O) groups is 1. The number of nitrogen functional groups attached to an aromatic ring is 1. The third kappa shape index (κ3) is 2.23. The van der Waals surface area contributed by atoms with Crippen molar-refractivity contribution in [1.29, 1.82) is 0 Å². The average Bonchev–Trinajstić information content (AvgIpc) is 2.70. The van der Waals surface area contributed by atoms with Gasteiger partial charge < -0.3 is 10.5 Å². The normalized spacial score (nSPS) is 10.7. The molecule has 1 aromatic heterocycles. The Morgan fingerprint density at radius 2 is 2.00 bits per heavy atom. The Morgan fingerprint density at radius 1 is 1.35 bits per heavy atom. The van der Waals surface area contributed by atoms with Crippen molar-refractivity contribution >= 4 is 35.0 Å². The van der Waals surface area contributed by atoms with Crippen LogP contribution in [-0.4, -0.2) is 22.6 Å². The Balaban J connectivity index is 2.75. The highest BCUT2D eigenvalue weighted by Gasteiger charge is 2.23. The summed E-state index contributed by atoms with van der Waals surface area (Å²) in [7, 11) is 1.27. The number of aryl methyl sites for hydroxylation is 2. The first-order valence-corrected chi connectivity index (χ1v) is 6.52. The number of esters is 1. The van der Waals surface area contributed by atoms with E-state index >= 15 is 0 Å². The molecule has 2 N–H and O–H groups in total. The molecule has 0 unspecified atom stereocenters. The van der Waals surface area contributed by atoms with Crippen molar-refractivity contribution < 1.29 is 9.53 Å². The minimum Gasteiger partial charge on any atom is -0.464 e. The molecular formula is C13H13Cl2N3O2. The van der Waals surface area contributed by atoms with Crippen molar-refractivity contribution in [2.45, 2.75) is 13.8 Å². The van der Waals surface area contributed by atoms with Crippen LogP contribution in [0.2, 0.25) is 10.0 Å². The number of ether oxygens (including phenoxy) is 1. The largest absolute Gasteiger partial charge is 0.464 e. The predicted octanol–water partition coefficient (Wildman–Crippen LogP) is 3.16. The Morgan fingerprint density at radius 3 is 2.60 bits per heavy atom. The lowest BCUT2D eigenvalue weighted by molar-refractivity contribution is 0.0596. The van der Waals surface area contributed by atoms with Crippen LogP contribution in [0.5, 0.6) is 0 Å². The van der Waals surface area contributed by atoms with Gasteiger partial charge in [-0.25, -0.2) is 9.78 Å². The fraction of sp³-hybridized carbons (Fsp3) is 0.231. The second kappa shape index (κ2) is 5.34. The Kier molecular flexibility index (Phi) is 3.92. The van der Waals surface area contributed by atoms with E-state index in [9.17, 15) is 4.79 Å². The van der Waals surface area contributed by atoms with Crippen LogP contribution in [-0.2, 0) is 4.74 Å². The molecule has 0 spiro atoms. The van der Waals surface area contributed by atoms with Gasteiger partial charge in [0.2, 0.25) is 0 Å². The van der Waals surface area contributed by atoms with Gasteiger partial charge in [0, 0.05) is 0 Å². The number of nitrogens with zero attached hydrogens (tertiary/aromatic N) is 2. The number of rotatable bonds is 2. The monoisotopic (exact) mass is 313 g/mol. The lowest BCUT2D eigenvalue weighted by atomic mass is 10.2. The summed E-state index contributed by atoms with van der Waals surface area (Å²) in [6, 6.07) is 3.52. The summed E-state index contributed by atoms with van der Waals surface area (Å²) in [5.74, 6) is 0.0327. The molecular weight excluding hydrogens is 301 g/mol. The van der Waals surface area contributed by atoms with Crippen molar-refractivity contribution in [3.63, 3.8) is 0 Å². The van der Waals surface area contributed by atoms with Gasteiger partial charge in [-0.3, -0.25) is 4.57 Å². The average molecular weight is 314 g/mol. The molecule has 0 atom stereocenters. The van der Waals surface area contributed by atoms with E-state index in [-0.39, 0.29) is 11.5 Å². The smallest absolute Gasteiger partial charge is 0.360 e. The Labute approximate surface area is 126 Å². The van der Waals surface area contributed by atoms with Crippen molar-refractivity contribution in [3.8, 4) is 5.69 Å². The van der Waals surface area contributed by atoms with E-state index in [0.717, 1.165) is 5.56 Å². The van der Waals surface area contributed by atoms with E-state index in [0.29, 0.717) is 21.6 Å². The highest BCUT2D eigenvalue weighted by Crippen LogP contribution is 2.34. The molecule has 0 saturated carbocycles. The molecule has 0 aliphatic rings. The molecule has 0 aliphatic carbocycles. The molecule has 5 nitrogen and oxygen atoms in total. The number of hydrogen-bond donors (Lipinski definition) is 1. The van der Waals surface area contributed by atoms with Crippen molar-refractivity contribution in [2.24, 2.45) is 0 Å². The zero-order chi connectivity index (χ0) is 15.0. The molecule has 0 aliphatic heterocycles. The summed E-state index contributed by atoms with van der Waals surface area (Å²) < 4.78 is 6.19. The topological polar surface area (TPSA) is 70.1 Å². The number of hydrogen-bond acceptors (Lipinski definition) is 4. The van der Waals surface area contributed by atoms with E-state index in [1.807, 2.05) is 6.92 Å². The van der Waals surface area contributed by atoms with Crippen LogP contribution >= 0.6 is 23.2 Å². The summed E-state index contributed by atoms with van der Waals surface area (Å²) >= 11 is 12.5. The fourth-order valence-electron chi connectivity index (χ4n) is 1.93. The minimum atomic E-state index is -0.607. The van der Waals surface area contributed by atoms with Gasteiger partial charge in [0.1, 0.15) is 11.6 Å². The summed E-state index contributed by atoms with van der Waals surface area (Å²) in [6.07, 6.45) is 0. The molecule has 2 rings (SSSR count). The van der Waals surface area contributed by atoms with Crippen molar-refractivity contribution in [2.75, 3.05) is 12.8 Å². The number of anilines is 1. The maximum Gasteiger partial charge on any atom is 0.360 e. The zero-order valence-electron chi connectivity index (χ0n) is 11.2. The fourth-order valence-corrected chi connectivity index (χ4v) is 2.46. The number of carbonyl (C=O) groups excluding carboxylic acids is 1. The van der Waals surface area contributed by atoms with Crippen LogP contribution in [0.25, 0.3) is 5.69 Å². The lowest BCUT2D eigenvalue weighted by Gasteiger charge is -2.13. The molecule has 106 valence electrons. The second-order valence-corrected chi connectivity index (χ2v) is 5.03. The number of benzene rings is 1. The van der Waals surface area contributed by atoms with Gasteiger partial charge >= 0.3 is 5.97 Å². The zero-order valence-corrected chi connectivity index (χ0v) is 12.7. The van der Waals surface area contributed by atoms with Gasteiger partial charge in [-0.15, -0.1) is 0 Å². The number of imidazole rings is 1. The van der Waals surface area contributed by atoms with Gasteiger partial charge in [0.25, 0.3) is 0 Å². The van der Waals surface area contributed by atoms with E-state index in [1.165, 1.54) is 7.11 Å². The van der Waals surface area contributed by atoms with Crippen LogP contribution in [0, 0.1) is 13.8 Å². The quantitative estimate of drug-likeness (QED) is 0.864. The maximum absolute atomic E-state index is 11.6. The highest BCUT2D eigenvalue weighted by atomic mass is 35.5. The molecule has 0 amide bonds. The van der Waals surface area contributed by atoms with E-state index < -0.39 is 5.97 Å². The summed E-state index contributed by atoms with van der Waals surface area (Å²) in [6.45, 7) is 3.56. The summed E-state index contributed by atoms with van der Waals surface area (Å²) in [5.41, 5.74) is 7.37. The van der Waals surface area contributed by atoms with Crippen LogP contribution in [0.4, 0.5) is 5.82 Å². The first kappa shape index (κ1) is 14.7. The van der Waals surface area contributed by atoms with Crippen LogP contribution in [0.15, 0.2) is 12.1 Å². The molecule has 0 bridgehead atoms. The first-order valence-electron chi connectivity index (χ1n) is 5.76. The Hall–Kier alpha value is -1.72. The number of aromatic nitrogens is 2. The highest BCUT2D eigenvalue weighted by molar-refractivity contribution is 6.38. The number of nitrogens with two attached hydrogens (primary N) is 1. The van der Waals surface area contributed by atoms with E-state index in [4.69, 9.17) is 28.9 Å². The maximum atomic E-state index is 11.6. The van der Waals surface area contributed by atoms with Gasteiger partial charge in [-0.05, 0) is 25.5 Å². The van der Waals surface area contributed by atoms with E-state index in [1.54, 1.807) is 23.6 Å². The Bertz CT molecular complexity index is 695. The van der Waals surface area contributed by atoms with Gasteiger partial charge in [-0.2, -0.15) is 0 Å². The molecule has 1 aromatic carbocycles. The van der Waals surface area contributed by atoms with Crippen LogP contribution in [0.1, 0.15) is 21.9 Å². The molecule has 0 saturated heterocycles. The molecule has 20 heavy (non-hydrogen) atoms. The minimum absolute atomic E-state index is 0.0404. The van der Waals surface area contributed by atoms with Gasteiger partial charge in [0.15, 0.2) is 5.69 Å². The van der Waals surface area contributed by atoms with Crippen molar-refractivity contribution in [3.05, 3.63) is 39.3 Å². The predicted molar refractivity (Wildman–Crippen MR) is 78.8 cm³/mol. The first-order chi connectivity index (χ1) is 9.38. The number of halogens is 2. The molecule has 1 heterocycles. The van der Waals surface area contributed by atoms with Gasteiger partial charge in [0.05, 0.1) is 22.8 Å². The summed E-state index contributed by atoms with van der Waals surface area (Å²) in [5, 5.41) is 0.880. The third-order valence-corrected chi connectivity index (χ3v) is 3.73. The van der Waals surface area contributed by atoms with Crippen molar-refractivity contribution in [1.82, 2.24) is 9.55 Å².